The fourth-order valence-electron chi connectivity index (χ4n) is 3.96. The smallest absolute Gasteiger partial charge is 0.191 e. The standard InChI is InChI=1S/C18H31N5OS.HI/c1-15-12-20-16(25-15)13-21-17(19-2)22-14-18(6-4-3-5-7-18)23-8-10-24-11-9-23;/h12H,3-11,13-14H2,1-2H3,(H2,19,21,22);1H. The summed E-state index contributed by atoms with van der Waals surface area (Å²) in [6.07, 6.45) is 8.47. The lowest BCUT2D eigenvalue weighted by Crippen LogP contribution is -2.60. The normalized spacial score (nSPS) is 21.1. The number of hydrogen-bond donors (Lipinski definition) is 2. The Balaban J connectivity index is 0.00000243. The minimum atomic E-state index is 0. The number of halogens is 1. The number of morpholine rings is 1. The van der Waals surface area contributed by atoms with E-state index in [1.807, 2.05) is 13.2 Å². The quantitative estimate of drug-likeness (QED) is 0.376. The molecule has 0 bridgehead atoms. The lowest BCUT2D eigenvalue weighted by Gasteiger charge is -2.48. The Morgan fingerprint density at radius 2 is 2.00 bits per heavy atom. The molecule has 1 aromatic heterocycles. The Hall–Kier alpha value is -0.450. The Bertz CT molecular complexity index is 568. The first kappa shape index (κ1) is 21.8. The van der Waals surface area contributed by atoms with Crippen LogP contribution in [0.2, 0.25) is 0 Å². The molecule has 1 aromatic rings. The fraction of sp³-hybridized carbons (Fsp3) is 0.778. The Morgan fingerprint density at radius 1 is 1.27 bits per heavy atom. The number of aryl methyl sites for hydroxylation is 1. The van der Waals surface area contributed by atoms with Crippen LogP contribution in [0, 0.1) is 6.92 Å². The van der Waals surface area contributed by atoms with E-state index in [0.29, 0.717) is 0 Å². The number of aromatic nitrogens is 1. The molecular formula is C18H32IN5OS. The molecule has 0 aromatic carbocycles. The van der Waals surface area contributed by atoms with Crippen LogP contribution in [0.15, 0.2) is 11.2 Å². The maximum Gasteiger partial charge on any atom is 0.191 e. The van der Waals surface area contributed by atoms with Crippen LogP contribution < -0.4 is 10.6 Å². The predicted octanol–water partition coefficient (Wildman–Crippen LogP) is 2.77. The molecule has 0 radical (unpaired) electrons. The van der Waals surface area contributed by atoms with E-state index >= 15 is 0 Å². The van der Waals surface area contributed by atoms with Gasteiger partial charge in [0.05, 0.1) is 19.8 Å². The van der Waals surface area contributed by atoms with E-state index in [0.717, 1.165) is 50.4 Å². The maximum absolute atomic E-state index is 5.57. The first-order chi connectivity index (χ1) is 12.2. The maximum atomic E-state index is 5.57. The van der Waals surface area contributed by atoms with E-state index in [4.69, 9.17) is 4.74 Å². The third-order valence-corrected chi connectivity index (χ3v) is 6.26. The van der Waals surface area contributed by atoms with Gasteiger partial charge < -0.3 is 15.4 Å². The van der Waals surface area contributed by atoms with Crippen LogP contribution in [0.3, 0.4) is 0 Å². The van der Waals surface area contributed by atoms with Gasteiger partial charge in [-0.3, -0.25) is 9.89 Å². The molecule has 1 saturated carbocycles. The monoisotopic (exact) mass is 493 g/mol. The van der Waals surface area contributed by atoms with E-state index < -0.39 is 0 Å². The number of ether oxygens (including phenoxy) is 1. The molecule has 1 aliphatic heterocycles. The van der Waals surface area contributed by atoms with Crippen LogP contribution >= 0.6 is 35.3 Å². The molecule has 8 heteroatoms. The zero-order chi connectivity index (χ0) is 17.5. The molecular weight excluding hydrogens is 461 g/mol. The largest absolute Gasteiger partial charge is 0.379 e. The number of aliphatic imine (C=N–C) groups is 1. The summed E-state index contributed by atoms with van der Waals surface area (Å²) in [6.45, 7) is 7.57. The molecule has 2 aliphatic rings. The second-order valence-corrected chi connectivity index (χ2v) is 8.35. The number of rotatable bonds is 5. The number of nitrogens with zero attached hydrogens (tertiary/aromatic N) is 3. The molecule has 148 valence electrons. The Kier molecular flexibility index (Phi) is 9.05. The lowest BCUT2D eigenvalue weighted by atomic mass is 9.80. The highest BCUT2D eigenvalue weighted by atomic mass is 127. The van der Waals surface area contributed by atoms with E-state index in [1.165, 1.54) is 37.0 Å². The lowest BCUT2D eigenvalue weighted by molar-refractivity contribution is -0.0352. The van der Waals surface area contributed by atoms with Gasteiger partial charge in [-0.25, -0.2) is 4.98 Å². The van der Waals surface area contributed by atoms with Gasteiger partial charge in [0.1, 0.15) is 5.01 Å². The zero-order valence-corrected chi connectivity index (χ0v) is 19.1. The van der Waals surface area contributed by atoms with Crippen LogP contribution in [-0.4, -0.2) is 61.3 Å². The number of nitrogens with one attached hydrogen (secondary N) is 2. The van der Waals surface area contributed by atoms with Crippen molar-refractivity contribution >= 4 is 41.3 Å². The van der Waals surface area contributed by atoms with Crippen molar-refractivity contribution in [3.63, 3.8) is 0 Å². The SMILES string of the molecule is CN=C(NCc1ncc(C)s1)NCC1(N2CCOCC2)CCCCC1.I. The molecule has 26 heavy (non-hydrogen) atoms. The van der Waals surface area contributed by atoms with E-state index in [-0.39, 0.29) is 29.5 Å². The van der Waals surface area contributed by atoms with E-state index in [1.54, 1.807) is 11.3 Å². The molecule has 0 unspecified atom stereocenters. The first-order valence-electron chi connectivity index (χ1n) is 9.40. The third kappa shape index (κ3) is 5.77. The van der Waals surface area contributed by atoms with E-state index in [2.05, 4.69) is 32.4 Å². The summed E-state index contributed by atoms with van der Waals surface area (Å²) in [6, 6.07) is 0. The van der Waals surface area contributed by atoms with Gasteiger partial charge in [0, 0.05) is 43.3 Å². The van der Waals surface area contributed by atoms with Crippen molar-refractivity contribution in [2.24, 2.45) is 4.99 Å². The summed E-state index contributed by atoms with van der Waals surface area (Å²) in [5.74, 6) is 0.867. The van der Waals surface area contributed by atoms with Crippen LogP contribution in [0.1, 0.15) is 42.0 Å². The van der Waals surface area contributed by atoms with Crippen LogP contribution in [-0.2, 0) is 11.3 Å². The second-order valence-electron chi connectivity index (χ2n) is 7.03. The van der Waals surface area contributed by atoms with Gasteiger partial charge in [-0.15, -0.1) is 35.3 Å². The van der Waals surface area contributed by atoms with E-state index in [9.17, 15) is 0 Å². The van der Waals surface area contributed by atoms with Gasteiger partial charge in [-0.1, -0.05) is 19.3 Å². The highest BCUT2D eigenvalue weighted by Crippen LogP contribution is 2.33. The van der Waals surface area contributed by atoms with Crippen molar-refractivity contribution in [3.05, 3.63) is 16.1 Å². The first-order valence-corrected chi connectivity index (χ1v) is 10.2. The molecule has 1 aliphatic carbocycles. The second kappa shape index (κ2) is 10.8. The topological polar surface area (TPSA) is 61.8 Å². The summed E-state index contributed by atoms with van der Waals surface area (Å²) >= 11 is 1.73. The third-order valence-electron chi connectivity index (χ3n) is 5.35. The highest BCUT2D eigenvalue weighted by Gasteiger charge is 2.38. The molecule has 2 heterocycles. The average molecular weight is 493 g/mol. The summed E-state index contributed by atoms with van der Waals surface area (Å²) in [4.78, 5) is 12.7. The molecule has 2 fully saturated rings. The Labute approximate surface area is 178 Å². The molecule has 2 N–H and O–H groups in total. The summed E-state index contributed by atoms with van der Waals surface area (Å²) in [5, 5.41) is 8.09. The Morgan fingerprint density at radius 3 is 2.62 bits per heavy atom. The molecule has 0 atom stereocenters. The van der Waals surface area contributed by atoms with Crippen molar-refractivity contribution < 1.29 is 4.74 Å². The number of thiazole rings is 1. The van der Waals surface area contributed by atoms with Crippen LogP contribution in [0.4, 0.5) is 0 Å². The molecule has 0 amide bonds. The van der Waals surface area contributed by atoms with Gasteiger partial charge in [-0.2, -0.15) is 0 Å². The van der Waals surface area contributed by atoms with Gasteiger partial charge >= 0.3 is 0 Å². The van der Waals surface area contributed by atoms with Crippen molar-refractivity contribution in [2.75, 3.05) is 39.9 Å². The van der Waals surface area contributed by atoms with Crippen molar-refractivity contribution in [1.29, 1.82) is 0 Å². The highest BCUT2D eigenvalue weighted by molar-refractivity contribution is 14.0. The van der Waals surface area contributed by atoms with Crippen molar-refractivity contribution in [1.82, 2.24) is 20.5 Å². The minimum Gasteiger partial charge on any atom is -0.379 e. The molecule has 3 rings (SSSR count). The van der Waals surface area contributed by atoms with Gasteiger partial charge in [0.25, 0.3) is 0 Å². The van der Waals surface area contributed by atoms with Crippen LogP contribution in [0.5, 0.6) is 0 Å². The summed E-state index contributed by atoms with van der Waals surface area (Å²) in [5.41, 5.74) is 0.247. The zero-order valence-electron chi connectivity index (χ0n) is 15.9. The number of hydrogen-bond acceptors (Lipinski definition) is 5. The van der Waals surface area contributed by atoms with Gasteiger partial charge in [0.15, 0.2) is 5.96 Å². The molecule has 6 nitrogen and oxygen atoms in total. The molecule has 1 saturated heterocycles. The summed E-state index contributed by atoms with van der Waals surface area (Å²) < 4.78 is 5.57. The van der Waals surface area contributed by atoms with Crippen molar-refractivity contribution in [3.8, 4) is 0 Å². The van der Waals surface area contributed by atoms with Crippen molar-refractivity contribution in [2.45, 2.75) is 51.1 Å². The van der Waals surface area contributed by atoms with Gasteiger partial charge in [-0.05, 0) is 19.8 Å². The fourth-order valence-corrected chi connectivity index (χ4v) is 4.69. The average Bonchev–Trinajstić information content (AvgIpc) is 3.08. The predicted molar refractivity (Wildman–Crippen MR) is 119 cm³/mol. The minimum absolute atomic E-state index is 0. The molecule has 0 spiro atoms. The van der Waals surface area contributed by atoms with Gasteiger partial charge in [0.2, 0.25) is 0 Å². The van der Waals surface area contributed by atoms with Crippen LogP contribution in [0.25, 0.3) is 0 Å². The number of guanidine groups is 1. The summed E-state index contributed by atoms with van der Waals surface area (Å²) in [7, 11) is 1.84.